The number of hydrogen-bond donors (Lipinski definition) is 2. The summed E-state index contributed by atoms with van der Waals surface area (Å²) < 4.78 is 0. The van der Waals surface area contributed by atoms with Crippen molar-refractivity contribution in [1.29, 1.82) is 0 Å². The summed E-state index contributed by atoms with van der Waals surface area (Å²) in [6.07, 6.45) is 7.05. The molecular formula is C19H20N2O2. The van der Waals surface area contributed by atoms with Gasteiger partial charge in [-0.1, -0.05) is 30.7 Å². The Balaban J connectivity index is 1.47. The number of carbonyl (C=O) groups is 1. The highest BCUT2D eigenvalue weighted by atomic mass is 16.3. The molecule has 2 N–H and O–H groups in total. The van der Waals surface area contributed by atoms with E-state index in [0.717, 1.165) is 22.6 Å². The zero-order valence-corrected chi connectivity index (χ0v) is 12.9. The van der Waals surface area contributed by atoms with Crippen molar-refractivity contribution in [1.82, 2.24) is 5.43 Å². The minimum Gasteiger partial charge on any atom is -0.507 e. The average molecular weight is 308 g/mol. The molecule has 0 unspecified atom stereocenters. The summed E-state index contributed by atoms with van der Waals surface area (Å²) in [5, 5.41) is 16.0. The molecule has 23 heavy (non-hydrogen) atoms. The van der Waals surface area contributed by atoms with Gasteiger partial charge in [-0.3, -0.25) is 4.79 Å². The van der Waals surface area contributed by atoms with Crippen molar-refractivity contribution in [2.24, 2.45) is 22.9 Å². The predicted octanol–water partition coefficient (Wildman–Crippen LogP) is 3.70. The van der Waals surface area contributed by atoms with Gasteiger partial charge >= 0.3 is 0 Å². The summed E-state index contributed by atoms with van der Waals surface area (Å²) in [7, 11) is 0. The molecule has 0 saturated heterocycles. The number of phenolic OH excluding ortho intramolecular Hbond substituents is 1. The second-order valence-electron chi connectivity index (χ2n) is 6.77. The number of aromatic hydroxyl groups is 1. The van der Waals surface area contributed by atoms with Crippen LogP contribution >= 0.6 is 0 Å². The van der Waals surface area contributed by atoms with E-state index >= 15 is 0 Å². The standard InChI is InChI=1S/C19H20N2O2/c22-18-10-14-4-2-1-3-13(14)9-17(18)19(23)21-20-11-16-8-12-5-6-15(16)7-12/h1-4,9-12,15-16,22H,5-8H2,(H,21,23)/b20-11-/t12-,15-,16+/m0/s1. The average Bonchev–Trinajstić information content (AvgIpc) is 3.17. The topological polar surface area (TPSA) is 61.7 Å². The highest BCUT2D eigenvalue weighted by Gasteiger charge is 2.38. The van der Waals surface area contributed by atoms with Crippen LogP contribution in [0.4, 0.5) is 0 Å². The van der Waals surface area contributed by atoms with E-state index in [0.29, 0.717) is 5.92 Å². The molecule has 2 aliphatic rings. The van der Waals surface area contributed by atoms with Crippen LogP contribution < -0.4 is 5.43 Å². The van der Waals surface area contributed by atoms with Gasteiger partial charge in [0, 0.05) is 6.21 Å². The zero-order valence-electron chi connectivity index (χ0n) is 12.9. The van der Waals surface area contributed by atoms with Crippen LogP contribution in [0.3, 0.4) is 0 Å². The van der Waals surface area contributed by atoms with E-state index in [-0.39, 0.29) is 17.2 Å². The molecule has 0 heterocycles. The molecule has 0 radical (unpaired) electrons. The molecule has 4 heteroatoms. The Morgan fingerprint density at radius 1 is 1.17 bits per heavy atom. The van der Waals surface area contributed by atoms with E-state index in [1.54, 1.807) is 12.1 Å². The third kappa shape index (κ3) is 2.69. The molecule has 2 aromatic rings. The maximum atomic E-state index is 12.3. The van der Waals surface area contributed by atoms with Gasteiger partial charge in [0.25, 0.3) is 5.91 Å². The predicted molar refractivity (Wildman–Crippen MR) is 90.5 cm³/mol. The molecule has 2 aliphatic carbocycles. The van der Waals surface area contributed by atoms with Gasteiger partial charge in [-0.15, -0.1) is 0 Å². The molecule has 2 saturated carbocycles. The van der Waals surface area contributed by atoms with Gasteiger partial charge in [0.1, 0.15) is 5.75 Å². The molecule has 2 aromatic carbocycles. The van der Waals surface area contributed by atoms with Crippen molar-refractivity contribution in [3.05, 3.63) is 42.0 Å². The highest BCUT2D eigenvalue weighted by molar-refractivity contribution is 6.01. The number of nitrogens with one attached hydrogen (secondary N) is 1. The van der Waals surface area contributed by atoms with Crippen LogP contribution in [-0.4, -0.2) is 17.2 Å². The quantitative estimate of drug-likeness (QED) is 0.671. The van der Waals surface area contributed by atoms with Crippen LogP contribution in [-0.2, 0) is 0 Å². The van der Waals surface area contributed by atoms with E-state index in [1.807, 2.05) is 30.5 Å². The maximum Gasteiger partial charge on any atom is 0.275 e. The van der Waals surface area contributed by atoms with Gasteiger partial charge < -0.3 is 5.11 Å². The van der Waals surface area contributed by atoms with E-state index in [4.69, 9.17) is 0 Å². The lowest BCUT2D eigenvalue weighted by atomic mass is 9.90. The smallest absolute Gasteiger partial charge is 0.275 e. The molecule has 2 bridgehead atoms. The fourth-order valence-corrected chi connectivity index (χ4v) is 4.14. The molecule has 4 rings (SSSR count). The Kier molecular flexibility index (Phi) is 3.52. The Hall–Kier alpha value is -2.36. The molecular weight excluding hydrogens is 288 g/mol. The summed E-state index contributed by atoms with van der Waals surface area (Å²) in [6, 6.07) is 11.0. The Morgan fingerprint density at radius 3 is 2.65 bits per heavy atom. The van der Waals surface area contributed by atoms with Gasteiger partial charge in [-0.05, 0) is 59.9 Å². The summed E-state index contributed by atoms with van der Waals surface area (Å²) >= 11 is 0. The number of hydrazone groups is 1. The molecule has 118 valence electrons. The first-order valence-electron chi connectivity index (χ1n) is 8.26. The first-order chi connectivity index (χ1) is 11.2. The van der Waals surface area contributed by atoms with Crippen LogP contribution in [0.15, 0.2) is 41.5 Å². The van der Waals surface area contributed by atoms with E-state index < -0.39 is 0 Å². The number of carbonyl (C=O) groups excluding carboxylic acids is 1. The van der Waals surface area contributed by atoms with Crippen molar-refractivity contribution < 1.29 is 9.90 Å². The third-order valence-electron chi connectivity index (χ3n) is 5.33. The molecule has 3 atom stereocenters. The van der Waals surface area contributed by atoms with Crippen molar-refractivity contribution in [2.75, 3.05) is 0 Å². The summed E-state index contributed by atoms with van der Waals surface area (Å²) in [4.78, 5) is 12.3. The maximum absolute atomic E-state index is 12.3. The van der Waals surface area contributed by atoms with Crippen molar-refractivity contribution >= 4 is 22.9 Å². The number of fused-ring (bicyclic) bond motifs is 3. The molecule has 1 amide bonds. The second kappa shape index (κ2) is 5.69. The van der Waals surface area contributed by atoms with Crippen molar-refractivity contribution in [3.63, 3.8) is 0 Å². The van der Waals surface area contributed by atoms with Crippen LogP contribution in [0.25, 0.3) is 10.8 Å². The number of benzene rings is 2. The number of nitrogens with zero attached hydrogens (tertiary/aromatic N) is 1. The fraction of sp³-hybridized carbons (Fsp3) is 0.368. The van der Waals surface area contributed by atoms with Crippen LogP contribution in [0.5, 0.6) is 5.75 Å². The van der Waals surface area contributed by atoms with Crippen molar-refractivity contribution in [2.45, 2.75) is 25.7 Å². The first kappa shape index (κ1) is 14.2. The second-order valence-corrected chi connectivity index (χ2v) is 6.77. The summed E-state index contributed by atoms with van der Waals surface area (Å²) in [5.41, 5.74) is 2.82. The van der Waals surface area contributed by atoms with Gasteiger partial charge in [0.15, 0.2) is 0 Å². The van der Waals surface area contributed by atoms with Crippen LogP contribution in [0.1, 0.15) is 36.0 Å². The molecule has 0 spiro atoms. The number of amides is 1. The first-order valence-corrected chi connectivity index (χ1v) is 8.26. The molecule has 4 nitrogen and oxygen atoms in total. The lowest BCUT2D eigenvalue weighted by Gasteiger charge is -2.16. The molecule has 0 aromatic heterocycles. The van der Waals surface area contributed by atoms with Gasteiger partial charge in [0.2, 0.25) is 0 Å². The lowest BCUT2D eigenvalue weighted by Crippen LogP contribution is -2.20. The number of hydrogen-bond acceptors (Lipinski definition) is 3. The highest BCUT2D eigenvalue weighted by Crippen LogP contribution is 2.47. The Morgan fingerprint density at radius 2 is 1.96 bits per heavy atom. The van der Waals surface area contributed by atoms with Crippen LogP contribution in [0.2, 0.25) is 0 Å². The molecule has 2 fully saturated rings. The minimum atomic E-state index is -0.368. The number of phenols is 1. The van der Waals surface area contributed by atoms with Gasteiger partial charge in [-0.25, -0.2) is 5.43 Å². The molecule has 0 aliphatic heterocycles. The Bertz CT molecular complexity index is 784. The SMILES string of the molecule is O=C(N/N=C\[C@H]1C[C@H]2CC[C@H]1C2)c1cc2ccccc2cc1O. The van der Waals surface area contributed by atoms with E-state index in [2.05, 4.69) is 10.5 Å². The minimum absolute atomic E-state index is 0.0173. The largest absolute Gasteiger partial charge is 0.507 e. The Labute approximate surface area is 135 Å². The fourth-order valence-electron chi connectivity index (χ4n) is 4.14. The lowest BCUT2D eigenvalue weighted by molar-refractivity contribution is 0.0952. The van der Waals surface area contributed by atoms with E-state index in [1.165, 1.54) is 25.7 Å². The van der Waals surface area contributed by atoms with Crippen LogP contribution in [0, 0.1) is 17.8 Å². The number of rotatable bonds is 3. The summed E-state index contributed by atoms with van der Waals surface area (Å²) in [5.74, 6) is 1.72. The van der Waals surface area contributed by atoms with E-state index in [9.17, 15) is 9.90 Å². The van der Waals surface area contributed by atoms with Crippen molar-refractivity contribution in [3.8, 4) is 5.75 Å². The van der Waals surface area contributed by atoms with Gasteiger partial charge in [-0.2, -0.15) is 5.10 Å². The third-order valence-corrected chi connectivity index (χ3v) is 5.33. The summed E-state index contributed by atoms with van der Waals surface area (Å²) in [6.45, 7) is 0. The van der Waals surface area contributed by atoms with Gasteiger partial charge in [0.05, 0.1) is 5.56 Å². The monoisotopic (exact) mass is 308 g/mol. The normalized spacial score (nSPS) is 26.2. The zero-order chi connectivity index (χ0) is 15.8.